The normalized spacial score (nSPS) is 11.2. The lowest BCUT2D eigenvalue weighted by Gasteiger charge is -2.13. The maximum absolute atomic E-state index is 14.1. The molecule has 0 aliphatic carbocycles. The van der Waals surface area contributed by atoms with Crippen molar-refractivity contribution in [1.29, 1.82) is 0 Å². The molecule has 1 N–H and O–H groups in total. The first-order valence-corrected chi connectivity index (χ1v) is 7.51. The molecule has 1 heterocycles. The molecule has 3 nitrogen and oxygen atoms in total. The minimum absolute atomic E-state index is 0.0150. The molecule has 0 saturated heterocycles. The van der Waals surface area contributed by atoms with Crippen LogP contribution in [0.25, 0.3) is 22.2 Å². The smallest absolute Gasteiger partial charge is 0.336 e. The summed E-state index contributed by atoms with van der Waals surface area (Å²) >= 11 is 0. The van der Waals surface area contributed by atoms with Crippen LogP contribution in [0, 0.1) is 11.6 Å². The van der Waals surface area contributed by atoms with Crippen LogP contribution in [0.4, 0.5) is 8.78 Å². The van der Waals surface area contributed by atoms with Gasteiger partial charge in [0.1, 0.15) is 11.6 Å². The predicted molar refractivity (Wildman–Crippen MR) is 88.1 cm³/mol. The maximum atomic E-state index is 14.1. The number of hydrogen-bond acceptors (Lipinski definition) is 2. The fourth-order valence-electron chi connectivity index (χ4n) is 2.75. The van der Waals surface area contributed by atoms with Crippen LogP contribution in [-0.4, -0.2) is 16.1 Å². The van der Waals surface area contributed by atoms with Crippen LogP contribution in [0.3, 0.4) is 0 Å². The van der Waals surface area contributed by atoms with E-state index >= 15 is 0 Å². The highest BCUT2D eigenvalue weighted by Crippen LogP contribution is 2.31. The number of rotatable bonds is 3. The Hall–Kier alpha value is -2.82. The van der Waals surface area contributed by atoms with E-state index in [9.17, 15) is 18.7 Å². The Morgan fingerprint density at radius 2 is 1.88 bits per heavy atom. The third kappa shape index (κ3) is 2.73. The molecule has 5 heteroatoms. The molecule has 0 unspecified atom stereocenters. The highest BCUT2D eigenvalue weighted by molar-refractivity contribution is 6.04. The SMILES string of the molecule is CC(C)c1cccc2c(C(=O)O)cc(-c3cc(F)ccc3F)nc12. The lowest BCUT2D eigenvalue weighted by atomic mass is 9.96. The molecule has 0 saturated carbocycles. The lowest BCUT2D eigenvalue weighted by molar-refractivity contribution is 0.0699. The molecule has 0 fully saturated rings. The Balaban J connectivity index is 2.40. The molecule has 1 aromatic heterocycles. The first-order valence-electron chi connectivity index (χ1n) is 7.51. The van der Waals surface area contributed by atoms with E-state index in [1.807, 2.05) is 19.9 Å². The van der Waals surface area contributed by atoms with Gasteiger partial charge in [-0.25, -0.2) is 18.6 Å². The van der Waals surface area contributed by atoms with E-state index in [0.717, 1.165) is 23.8 Å². The standard InChI is InChI=1S/C19H15F2NO2/c1-10(2)12-4-3-5-13-14(19(23)24)9-17(22-18(12)13)15-8-11(20)6-7-16(15)21/h3-10H,1-2H3,(H,23,24). The number of para-hydroxylation sites is 1. The number of carboxylic acid groups (broad SMARTS) is 1. The lowest BCUT2D eigenvalue weighted by Crippen LogP contribution is -2.03. The van der Waals surface area contributed by atoms with Crippen molar-refractivity contribution in [3.8, 4) is 11.3 Å². The summed E-state index contributed by atoms with van der Waals surface area (Å²) in [6.45, 7) is 3.93. The number of aromatic carboxylic acids is 1. The number of halogens is 2. The van der Waals surface area contributed by atoms with Crippen molar-refractivity contribution >= 4 is 16.9 Å². The number of benzene rings is 2. The van der Waals surface area contributed by atoms with Crippen molar-refractivity contribution < 1.29 is 18.7 Å². The van der Waals surface area contributed by atoms with Crippen LogP contribution in [0.1, 0.15) is 35.7 Å². The second-order valence-electron chi connectivity index (χ2n) is 5.88. The summed E-state index contributed by atoms with van der Waals surface area (Å²) in [7, 11) is 0. The molecule has 0 radical (unpaired) electrons. The third-order valence-corrected chi connectivity index (χ3v) is 3.93. The zero-order valence-electron chi connectivity index (χ0n) is 13.2. The summed E-state index contributed by atoms with van der Waals surface area (Å²) in [5, 5.41) is 9.99. The van der Waals surface area contributed by atoms with Gasteiger partial charge in [-0.1, -0.05) is 32.0 Å². The topological polar surface area (TPSA) is 50.2 Å². The fourth-order valence-corrected chi connectivity index (χ4v) is 2.75. The van der Waals surface area contributed by atoms with Crippen molar-refractivity contribution in [2.24, 2.45) is 0 Å². The molecule has 0 aliphatic heterocycles. The summed E-state index contributed by atoms with van der Waals surface area (Å²) in [5.74, 6) is -2.29. The number of pyridine rings is 1. The Morgan fingerprint density at radius 3 is 2.54 bits per heavy atom. The maximum Gasteiger partial charge on any atom is 0.336 e. The molecule has 122 valence electrons. The number of carbonyl (C=O) groups is 1. The van der Waals surface area contributed by atoms with Gasteiger partial charge < -0.3 is 5.11 Å². The van der Waals surface area contributed by atoms with E-state index in [1.165, 1.54) is 6.07 Å². The molecule has 3 aromatic rings. The first kappa shape index (κ1) is 16.1. The second-order valence-corrected chi connectivity index (χ2v) is 5.88. The Morgan fingerprint density at radius 1 is 1.12 bits per heavy atom. The predicted octanol–water partition coefficient (Wildman–Crippen LogP) is 5.00. The van der Waals surface area contributed by atoms with Crippen LogP contribution in [0.5, 0.6) is 0 Å². The van der Waals surface area contributed by atoms with Crippen molar-refractivity contribution in [2.45, 2.75) is 19.8 Å². The molecule has 0 aliphatic rings. The summed E-state index contributed by atoms with van der Waals surface area (Å²) in [4.78, 5) is 16.1. The van der Waals surface area contributed by atoms with Crippen LogP contribution in [0.2, 0.25) is 0 Å². The van der Waals surface area contributed by atoms with Gasteiger partial charge in [-0.3, -0.25) is 0 Å². The van der Waals surface area contributed by atoms with Gasteiger partial charge >= 0.3 is 5.97 Å². The van der Waals surface area contributed by atoms with E-state index in [0.29, 0.717) is 10.9 Å². The monoisotopic (exact) mass is 327 g/mol. The number of hydrogen-bond donors (Lipinski definition) is 1. The average molecular weight is 327 g/mol. The molecule has 0 amide bonds. The molecule has 2 aromatic carbocycles. The summed E-state index contributed by atoms with van der Waals surface area (Å²) in [6.07, 6.45) is 0. The minimum Gasteiger partial charge on any atom is -0.478 e. The van der Waals surface area contributed by atoms with Crippen molar-refractivity contribution in [1.82, 2.24) is 4.98 Å². The molecule has 3 rings (SSSR count). The highest BCUT2D eigenvalue weighted by Gasteiger charge is 2.18. The largest absolute Gasteiger partial charge is 0.478 e. The van der Waals surface area contributed by atoms with E-state index in [2.05, 4.69) is 4.98 Å². The van der Waals surface area contributed by atoms with Crippen molar-refractivity contribution in [3.05, 3.63) is 65.2 Å². The van der Waals surface area contributed by atoms with E-state index in [-0.39, 0.29) is 22.7 Å². The van der Waals surface area contributed by atoms with Gasteiger partial charge in [0.2, 0.25) is 0 Å². The van der Waals surface area contributed by atoms with Crippen LogP contribution >= 0.6 is 0 Å². The van der Waals surface area contributed by atoms with Crippen molar-refractivity contribution in [2.75, 3.05) is 0 Å². The van der Waals surface area contributed by atoms with Gasteiger partial charge in [0, 0.05) is 10.9 Å². The molecule has 0 bridgehead atoms. The Bertz CT molecular complexity index is 951. The molecular weight excluding hydrogens is 312 g/mol. The Labute approximate surface area is 137 Å². The van der Waals surface area contributed by atoms with E-state index in [4.69, 9.17) is 0 Å². The average Bonchev–Trinajstić information content (AvgIpc) is 2.55. The summed E-state index contributed by atoms with van der Waals surface area (Å²) in [6, 6.07) is 9.62. The number of carboxylic acids is 1. The summed E-state index contributed by atoms with van der Waals surface area (Å²) < 4.78 is 27.6. The second kappa shape index (κ2) is 6.00. The molecule has 24 heavy (non-hydrogen) atoms. The van der Waals surface area contributed by atoms with Gasteiger partial charge in [-0.05, 0) is 35.7 Å². The molecular formula is C19H15F2NO2. The van der Waals surface area contributed by atoms with Crippen LogP contribution < -0.4 is 0 Å². The van der Waals surface area contributed by atoms with Gasteiger partial charge in [0.05, 0.1) is 16.8 Å². The number of fused-ring (bicyclic) bond motifs is 1. The number of aromatic nitrogens is 1. The van der Waals surface area contributed by atoms with E-state index < -0.39 is 17.6 Å². The van der Waals surface area contributed by atoms with E-state index in [1.54, 1.807) is 12.1 Å². The quantitative estimate of drug-likeness (QED) is 0.736. The van der Waals surface area contributed by atoms with Crippen molar-refractivity contribution in [3.63, 3.8) is 0 Å². The van der Waals surface area contributed by atoms with Gasteiger partial charge in [-0.2, -0.15) is 0 Å². The Kier molecular flexibility index (Phi) is 4.01. The molecule has 0 spiro atoms. The minimum atomic E-state index is -1.14. The fraction of sp³-hybridized carbons (Fsp3) is 0.158. The van der Waals surface area contributed by atoms with Gasteiger partial charge in [0.15, 0.2) is 0 Å². The van der Waals surface area contributed by atoms with Crippen LogP contribution in [0.15, 0.2) is 42.5 Å². The zero-order valence-corrected chi connectivity index (χ0v) is 13.2. The zero-order chi connectivity index (χ0) is 17.4. The van der Waals surface area contributed by atoms with Gasteiger partial charge in [0.25, 0.3) is 0 Å². The third-order valence-electron chi connectivity index (χ3n) is 3.93. The molecule has 0 atom stereocenters. The highest BCUT2D eigenvalue weighted by atomic mass is 19.1. The van der Waals surface area contributed by atoms with Crippen LogP contribution in [-0.2, 0) is 0 Å². The first-order chi connectivity index (χ1) is 11.4. The summed E-state index contributed by atoms with van der Waals surface area (Å²) in [5.41, 5.74) is 1.41. The number of nitrogens with zero attached hydrogens (tertiary/aromatic N) is 1. The van der Waals surface area contributed by atoms with Gasteiger partial charge in [-0.15, -0.1) is 0 Å².